The molecule has 0 saturated carbocycles. The summed E-state index contributed by atoms with van der Waals surface area (Å²) >= 11 is 1.53. The Hall–Kier alpha value is -0.670. The second-order valence-corrected chi connectivity index (χ2v) is 5.12. The van der Waals surface area contributed by atoms with E-state index in [-0.39, 0.29) is 0 Å². The van der Waals surface area contributed by atoms with Crippen LogP contribution in [0.3, 0.4) is 0 Å². The maximum Gasteiger partial charge on any atom is 0.118 e. The fourth-order valence-electron chi connectivity index (χ4n) is 2.13. The van der Waals surface area contributed by atoms with Crippen molar-refractivity contribution in [3.63, 3.8) is 0 Å². The lowest BCUT2D eigenvalue weighted by Crippen LogP contribution is -2.26. The molecule has 0 fully saturated rings. The van der Waals surface area contributed by atoms with E-state index in [0.29, 0.717) is 5.92 Å². The van der Waals surface area contributed by atoms with Gasteiger partial charge in [0.05, 0.1) is 10.4 Å². The summed E-state index contributed by atoms with van der Waals surface area (Å²) in [6.45, 7) is 2.21. The normalized spacial score (nSPS) is 30.7. The van der Waals surface area contributed by atoms with Gasteiger partial charge in [0.2, 0.25) is 0 Å². The predicted molar refractivity (Wildman–Crippen MR) is 62.8 cm³/mol. The molecule has 2 rings (SSSR count). The van der Waals surface area contributed by atoms with Gasteiger partial charge in [-0.2, -0.15) is 0 Å². The molecule has 0 saturated heterocycles. The third kappa shape index (κ3) is 2.29. The number of hydrogen-bond acceptors (Lipinski definition) is 3. The summed E-state index contributed by atoms with van der Waals surface area (Å²) in [4.78, 5) is 4.99. The summed E-state index contributed by atoms with van der Waals surface area (Å²) in [5, 5.41) is 10.4. The van der Waals surface area contributed by atoms with Crippen LogP contribution in [0, 0.1) is 5.92 Å². The van der Waals surface area contributed by atoms with Crippen molar-refractivity contribution >= 4 is 11.3 Å². The molecule has 1 N–H and O–H groups in total. The SMILES string of the molecule is CCCC1C=CC(O)(c2cncs2)CC1. The van der Waals surface area contributed by atoms with Crippen molar-refractivity contribution in [3.05, 3.63) is 28.7 Å². The monoisotopic (exact) mass is 223 g/mol. The molecule has 0 bridgehead atoms. The molecule has 82 valence electrons. The molecule has 2 nitrogen and oxygen atoms in total. The highest BCUT2D eigenvalue weighted by Crippen LogP contribution is 2.37. The zero-order valence-corrected chi connectivity index (χ0v) is 9.83. The van der Waals surface area contributed by atoms with Crippen LogP contribution in [-0.4, -0.2) is 10.1 Å². The molecule has 2 atom stereocenters. The Bertz CT molecular complexity index is 333. The first kappa shape index (κ1) is 10.8. The lowest BCUT2D eigenvalue weighted by atomic mass is 9.83. The average Bonchev–Trinajstić information content (AvgIpc) is 2.76. The van der Waals surface area contributed by atoms with Gasteiger partial charge in [-0.25, -0.2) is 0 Å². The Kier molecular flexibility index (Phi) is 3.22. The Morgan fingerprint density at radius 2 is 2.53 bits per heavy atom. The van der Waals surface area contributed by atoms with Crippen LogP contribution < -0.4 is 0 Å². The third-order valence-electron chi connectivity index (χ3n) is 3.06. The van der Waals surface area contributed by atoms with Crippen LogP contribution in [0.4, 0.5) is 0 Å². The molecule has 2 unspecified atom stereocenters. The number of allylic oxidation sites excluding steroid dienone is 1. The minimum Gasteiger partial charge on any atom is -0.380 e. The Morgan fingerprint density at radius 3 is 3.07 bits per heavy atom. The Balaban J connectivity index is 2.10. The molecular weight excluding hydrogens is 206 g/mol. The third-order valence-corrected chi connectivity index (χ3v) is 4.00. The molecule has 0 radical (unpaired) electrons. The first-order valence-corrected chi connectivity index (χ1v) is 6.43. The van der Waals surface area contributed by atoms with Gasteiger partial charge >= 0.3 is 0 Å². The van der Waals surface area contributed by atoms with E-state index in [1.165, 1.54) is 24.2 Å². The van der Waals surface area contributed by atoms with Crippen molar-refractivity contribution in [2.75, 3.05) is 0 Å². The van der Waals surface area contributed by atoms with Crippen molar-refractivity contribution in [2.45, 2.75) is 38.2 Å². The molecule has 1 heterocycles. The quantitative estimate of drug-likeness (QED) is 0.799. The van der Waals surface area contributed by atoms with E-state index in [0.717, 1.165) is 17.7 Å². The molecule has 0 amide bonds. The Morgan fingerprint density at radius 1 is 1.67 bits per heavy atom. The average molecular weight is 223 g/mol. The van der Waals surface area contributed by atoms with Crippen molar-refractivity contribution < 1.29 is 5.11 Å². The fourth-order valence-corrected chi connectivity index (χ4v) is 2.86. The number of nitrogens with zero attached hydrogens (tertiary/aromatic N) is 1. The number of aromatic nitrogens is 1. The predicted octanol–water partition coefficient (Wildman–Crippen LogP) is 3.10. The summed E-state index contributed by atoms with van der Waals surface area (Å²) < 4.78 is 0. The highest BCUT2D eigenvalue weighted by molar-refractivity contribution is 7.09. The number of hydrogen-bond donors (Lipinski definition) is 1. The first-order chi connectivity index (χ1) is 7.24. The second-order valence-electron chi connectivity index (χ2n) is 4.24. The lowest BCUT2D eigenvalue weighted by molar-refractivity contribution is 0.0691. The molecule has 15 heavy (non-hydrogen) atoms. The van der Waals surface area contributed by atoms with E-state index < -0.39 is 5.60 Å². The van der Waals surface area contributed by atoms with Crippen molar-refractivity contribution in [3.8, 4) is 0 Å². The molecular formula is C12H17NOS. The smallest absolute Gasteiger partial charge is 0.118 e. The van der Waals surface area contributed by atoms with Gasteiger partial charge in [-0.1, -0.05) is 25.5 Å². The van der Waals surface area contributed by atoms with Crippen LogP contribution in [0.5, 0.6) is 0 Å². The molecule has 1 aromatic heterocycles. The summed E-state index contributed by atoms with van der Waals surface area (Å²) in [7, 11) is 0. The summed E-state index contributed by atoms with van der Waals surface area (Å²) in [6, 6.07) is 0. The largest absolute Gasteiger partial charge is 0.380 e. The van der Waals surface area contributed by atoms with Gasteiger partial charge in [0.15, 0.2) is 0 Å². The summed E-state index contributed by atoms with van der Waals surface area (Å²) in [5.74, 6) is 0.656. The summed E-state index contributed by atoms with van der Waals surface area (Å²) in [5.41, 5.74) is 1.03. The van der Waals surface area contributed by atoms with Crippen LogP contribution in [0.1, 0.15) is 37.5 Å². The number of thiazole rings is 1. The molecule has 0 spiro atoms. The molecule has 1 aliphatic rings. The van der Waals surface area contributed by atoms with Crippen LogP contribution in [-0.2, 0) is 5.60 Å². The molecule has 0 aromatic carbocycles. The van der Waals surface area contributed by atoms with Gasteiger partial charge in [0, 0.05) is 6.20 Å². The second kappa shape index (κ2) is 4.45. The highest BCUT2D eigenvalue weighted by Gasteiger charge is 2.31. The van der Waals surface area contributed by atoms with Gasteiger partial charge < -0.3 is 5.11 Å². The van der Waals surface area contributed by atoms with Crippen LogP contribution in [0.2, 0.25) is 0 Å². The minimum absolute atomic E-state index is 0.656. The molecule has 1 aromatic rings. The standard InChI is InChI=1S/C12H17NOS/c1-2-3-10-4-6-12(14,7-5-10)11-8-13-9-15-11/h4,6,8-10,14H,2-3,5,7H2,1H3. The van der Waals surface area contributed by atoms with Crippen LogP contribution >= 0.6 is 11.3 Å². The zero-order chi connectivity index (χ0) is 10.7. The van der Waals surface area contributed by atoms with Crippen LogP contribution in [0.15, 0.2) is 23.9 Å². The number of aliphatic hydroxyl groups is 1. The molecule has 3 heteroatoms. The molecule has 1 aliphatic carbocycles. The van der Waals surface area contributed by atoms with Gasteiger partial charge in [-0.3, -0.25) is 4.98 Å². The van der Waals surface area contributed by atoms with Crippen molar-refractivity contribution in [1.82, 2.24) is 4.98 Å². The van der Waals surface area contributed by atoms with Crippen LogP contribution in [0.25, 0.3) is 0 Å². The topological polar surface area (TPSA) is 33.1 Å². The van der Waals surface area contributed by atoms with E-state index in [1.54, 1.807) is 11.7 Å². The molecule has 0 aliphatic heterocycles. The van der Waals surface area contributed by atoms with E-state index in [4.69, 9.17) is 0 Å². The van der Waals surface area contributed by atoms with Gasteiger partial charge in [0.25, 0.3) is 0 Å². The minimum atomic E-state index is -0.745. The van der Waals surface area contributed by atoms with Gasteiger partial charge in [-0.05, 0) is 25.2 Å². The van der Waals surface area contributed by atoms with E-state index in [2.05, 4.69) is 18.0 Å². The maximum absolute atomic E-state index is 10.4. The Labute approximate surface area is 94.7 Å². The fraction of sp³-hybridized carbons (Fsp3) is 0.583. The van der Waals surface area contributed by atoms with E-state index in [1.807, 2.05) is 6.08 Å². The van der Waals surface area contributed by atoms with E-state index >= 15 is 0 Å². The summed E-state index contributed by atoms with van der Waals surface area (Å²) in [6.07, 6.45) is 10.3. The van der Waals surface area contributed by atoms with Gasteiger partial charge in [-0.15, -0.1) is 11.3 Å². The zero-order valence-electron chi connectivity index (χ0n) is 9.02. The van der Waals surface area contributed by atoms with E-state index in [9.17, 15) is 5.11 Å². The number of rotatable bonds is 3. The van der Waals surface area contributed by atoms with Crippen molar-refractivity contribution in [1.29, 1.82) is 0 Å². The first-order valence-electron chi connectivity index (χ1n) is 5.55. The highest BCUT2D eigenvalue weighted by atomic mass is 32.1. The van der Waals surface area contributed by atoms with Gasteiger partial charge in [0.1, 0.15) is 5.60 Å². The lowest BCUT2D eigenvalue weighted by Gasteiger charge is -2.29. The maximum atomic E-state index is 10.4. The van der Waals surface area contributed by atoms with Crippen molar-refractivity contribution in [2.24, 2.45) is 5.92 Å².